The smallest absolute Gasteiger partial charge is 0.326 e. The third-order valence-corrected chi connectivity index (χ3v) is 3.62. The third kappa shape index (κ3) is 1.91. The van der Waals surface area contributed by atoms with Crippen molar-refractivity contribution in [3.8, 4) is 0 Å². The van der Waals surface area contributed by atoms with E-state index in [0.717, 1.165) is 19.3 Å². The number of hydrogen-bond acceptors (Lipinski definition) is 3. The van der Waals surface area contributed by atoms with Crippen LogP contribution >= 0.6 is 0 Å². The summed E-state index contributed by atoms with van der Waals surface area (Å²) in [5.74, 6) is -0.872. The summed E-state index contributed by atoms with van der Waals surface area (Å²) in [6.07, 6.45) is 3.16. The molecule has 2 rings (SSSR count). The Hall–Kier alpha value is -1.10. The summed E-state index contributed by atoms with van der Waals surface area (Å²) in [7, 11) is 1.56. The number of methoxy groups -OCH3 is 1. The number of carboxylic acid groups (broad SMARTS) is 1. The molecule has 1 N–H and O–H groups in total. The number of amides is 1. The zero-order chi connectivity index (χ0) is 11.7. The third-order valence-electron chi connectivity index (χ3n) is 3.62. The number of hydrogen-bond donors (Lipinski definition) is 1. The van der Waals surface area contributed by atoms with E-state index in [9.17, 15) is 9.59 Å². The minimum absolute atomic E-state index is 0.00167. The highest BCUT2D eigenvalue weighted by Crippen LogP contribution is 2.31. The molecule has 2 aliphatic rings. The normalized spacial score (nSPS) is 30.2. The van der Waals surface area contributed by atoms with Crippen LogP contribution in [0.25, 0.3) is 0 Å². The van der Waals surface area contributed by atoms with Crippen molar-refractivity contribution in [2.45, 2.75) is 37.8 Å². The lowest BCUT2D eigenvalue weighted by atomic mass is 9.84. The first kappa shape index (κ1) is 11.4. The number of rotatable bonds is 3. The standard InChI is InChI=1S/C11H17NO4/c1-16-8-5-9(11(14)15)12(6-8)10(13)7-3-2-4-7/h7-9H,2-6H2,1H3,(H,14,15). The summed E-state index contributed by atoms with van der Waals surface area (Å²) < 4.78 is 5.15. The Morgan fingerprint density at radius 1 is 1.38 bits per heavy atom. The van der Waals surface area contributed by atoms with Crippen LogP contribution in [0.4, 0.5) is 0 Å². The molecule has 16 heavy (non-hydrogen) atoms. The van der Waals surface area contributed by atoms with E-state index in [0.29, 0.717) is 13.0 Å². The Kier molecular flexibility index (Phi) is 3.14. The molecule has 1 aliphatic carbocycles. The maximum Gasteiger partial charge on any atom is 0.326 e. The molecular weight excluding hydrogens is 210 g/mol. The maximum absolute atomic E-state index is 12.0. The van der Waals surface area contributed by atoms with Gasteiger partial charge in [0.2, 0.25) is 5.91 Å². The van der Waals surface area contributed by atoms with E-state index >= 15 is 0 Å². The molecule has 0 spiro atoms. The SMILES string of the molecule is COC1CC(C(=O)O)N(C(=O)C2CCC2)C1. The van der Waals surface area contributed by atoms with Crippen LogP contribution < -0.4 is 0 Å². The molecule has 0 aromatic carbocycles. The molecule has 1 heterocycles. The maximum atomic E-state index is 12.0. The summed E-state index contributed by atoms with van der Waals surface area (Å²) in [5.41, 5.74) is 0. The van der Waals surface area contributed by atoms with Gasteiger partial charge in [-0.25, -0.2) is 4.79 Å². The van der Waals surface area contributed by atoms with Crippen molar-refractivity contribution in [1.82, 2.24) is 4.90 Å². The second-order valence-corrected chi connectivity index (χ2v) is 4.57. The van der Waals surface area contributed by atoms with Gasteiger partial charge < -0.3 is 14.7 Å². The van der Waals surface area contributed by atoms with Crippen LogP contribution in [-0.2, 0) is 14.3 Å². The Balaban J connectivity index is 2.05. The number of carboxylic acids is 1. The van der Waals surface area contributed by atoms with E-state index < -0.39 is 12.0 Å². The van der Waals surface area contributed by atoms with Crippen LogP contribution in [0.5, 0.6) is 0 Å². The van der Waals surface area contributed by atoms with Crippen molar-refractivity contribution in [2.75, 3.05) is 13.7 Å². The molecule has 5 heteroatoms. The van der Waals surface area contributed by atoms with Crippen LogP contribution in [0, 0.1) is 5.92 Å². The van der Waals surface area contributed by atoms with Crippen molar-refractivity contribution in [2.24, 2.45) is 5.92 Å². The number of carbonyl (C=O) groups excluding carboxylic acids is 1. The van der Waals surface area contributed by atoms with Crippen LogP contribution in [-0.4, -0.2) is 47.7 Å². The van der Waals surface area contributed by atoms with Crippen molar-refractivity contribution in [1.29, 1.82) is 0 Å². The van der Waals surface area contributed by atoms with Gasteiger partial charge >= 0.3 is 5.97 Å². The first-order valence-electron chi connectivity index (χ1n) is 5.69. The molecule has 1 saturated heterocycles. The van der Waals surface area contributed by atoms with E-state index in [2.05, 4.69) is 0 Å². The minimum atomic E-state index is -0.924. The summed E-state index contributed by atoms with van der Waals surface area (Å²) in [4.78, 5) is 24.6. The molecule has 2 fully saturated rings. The molecule has 0 aromatic rings. The van der Waals surface area contributed by atoms with Crippen LogP contribution in [0.3, 0.4) is 0 Å². The number of aliphatic carboxylic acids is 1. The quantitative estimate of drug-likeness (QED) is 0.761. The van der Waals surface area contributed by atoms with Gasteiger partial charge in [-0.1, -0.05) is 6.42 Å². The average Bonchev–Trinajstić information content (AvgIpc) is 2.58. The first-order chi connectivity index (χ1) is 7.63. The Labute approximate surface area is 94.4 Å². The fraction of sp³-hybridized carbons (Fsp3) is 0.818. The molecule has 1 amide bonds. The predicted octanol–water partition coefficient (Wildman–Crippen LogP) is 0.487. The van der Waals surface area contributed by atoms with Gasteiger partial charge in [0.25, 0.3) is 0 Å². The van der Waals surface area contributed by atoms with E-state index in [4.69, 9.17) is 9.84 Å². The van der Waals surface area contributed by atoms with Gasteiger partial charge in [-0.05, 0) is 12.8 Å². The zero-order valence-corrected chi connectivity index (χ0v) is 9.39. The molecule has 0 radical (unpaired) electrons. The van der Waals surface area contributed by atoms with E-state index in [1.807, 2.05) is 0 Å². The van der Waals surface area contributed by atoms with Gasteiger partial charge in [0.15, 0.2) is 0 Å². The van der Waals surface area contributed by atoms with Crippen molar-refractivity contribution in [3.05, 3.63) is 0 Å². The van der Waals surface area contributed by atoms with Gasteiger partial charge in [-0.2, -0.15) is 0 Å². The Morgan fingerprint density at radius 2 is 2.06 bits per heavy atom. The fourth-order valence-electron chi connectivity index (χ4n) is 2.34. The highest BCUT2D eigenvalue weighted by atomic mass is 16.5. The zero-order valence-electron chi connectivity index (χ0n) is 9.39. The number of nitrogens with zero attached hydrogens (tertiary/aromatic N) is 1. The van der Waals surface area contributed by atoms with Gasteiger partial charge in [0, 0.05) is 26.0 Å². The van der Waals surface area contributed by atoms with E-state index in [-0.39, 0.29) is 17.9 Å². The summed E-state index contributed by atoms with van der Waals surface area (Å²) >= 11 is 0. The summed E-state index contributed by atoms with van der Waals surface area (Å²) in [5, 5.41) is 9.07. The van der Waals surface area contributed by atoms with Crippen LogP contribution in [0.2, 0.25) is 0 Å². The number of ether oxygens (including phenoxy) is 1. The van der Waals surface area contributed by atoms with Gasteiger partial charge in [-0.15, -0.1) is 0 Å². The highest BCUT2D eigenvalue weighted by Gasteiger charge is 2.42. The molecular formula is C11H17NO4. The van der Waals surface area contributed by atoms with Gasteiger partial charge in [0.05, 0.1) is 6.10 Å². The largest absolute Gasteiger partial charge is 0.480 e. The van der Waals surface area contributed by atoms with Crippen molar-refractivity contribution in [3.63, 3.8) is 0 Å². The fourth-order valence-corrected chi connectivity index (χ4v) is 2.34. The van der Waals surface area contributed by atoms with E-state index in [1.165, 1.54) is 4.90 Å². The highest BCUT2D eigenvalue weighted by molar-refractivity contribution is 5.86. The average molecular weight is 227 g/mol. The van der Waals surface area contributed by atoms with E-state index in [1.54, 1.807) is 7.11 Å². The number of likely N-dealkylation sites (tertiary alicyclic amines) is 1. The molecule has 2 unspecified atom stereocenters. The molecule has 1 saturated carbocycles. The molecule has 2 atom stereocenters. The van der Waals surface area contributed by atoms with Crippen molar-refractivity contribution >= 4 is 11.9 Å². The monoisotopic (exact) mass is 227 g/mol. The van der Waals surface area contributed by atoms with Gasteiger partial charge in [-0.3, -0.25) is 4.79 Å². The molecule has 5 nitrogen and oxygen atoms in total. The molecule has 0 aromatic heterocycles. The lowest BCUT2D eigenvalue weighted by Gasteiger charge is -2.31. The van der Waals surface area contributed by atoms with Crippen molar-refractivity contribution < 1.29 is 19.4 Å². The Bertz CT molecular complexity index is 300. The summed E-state index contributed by atoms with van der Waals surface area (Å²) in [6, 6.07) is -0.696. The topological polar surface area (TPSA) is 66.8 Å². The summed E-state index contributed by atoms with van der Waals surface area (Å²) in [6.45, 7) is 0.419. The lowest BCUT2D eigenvalue weighted by Crippen LogP contribution is -2.45. The molecule has 1 aliphatic heterocycles. The second-order valence-electron chi connectivity index (χ2n) is 4.57. The molecule has 0 bridgehead atoms. The van der Waals surface area contributed by atoms with Crippen LogP contribution in [0.15, 0.2) is 0 Å². The predicted molar refractivity (Wildman–Crippen MR) is 55.9 cm³/mol. The Morgan fingerprint density at radius 3 is 2.50 bits per heavy atom. The number of carbonyl (C=O) groups is 2. The lowest BCUT2D eigenvalue weighted by molar-refractivity contribution is -0.151. The molecule has 90 valence electrons. The second kappa shape index (κ2) is 4.41. The first-order valence-corrected chi connectivity index (χ1v) is 5.69. The minimum Gasteiger partial charge on any atom is -0.480 e. The van der Waals surface area contributed by atoms with Gasteiger partial charge in [0.1, 0.15) is 6.04 Å². The van der Waals surface area contributed by atoms with Crippen LogP contribution in [0.1, 0.15) is 25.7 Å².